The van der Waals surface area contributed by atoms with E-state index >= 15 is 0 Å². The van der Waals surface area contributed by atoms with E-state index in [1.54, 1.807) is 0 Å². The first kappa shape index (κ1) is 12.0. The van der Waals surface area contributed by atoms with Gasteiger partial charge in [0.05, 0.1) is 0 Å². The second kappa shape index (κ2) is 4.60. The molecule has 1 fully saturated rings. The van der Waals surface area contributed by atoms with E-state index in [4.69, 9.17) is 5.11 Å². The predicted octanol–water partition coefficient (Wildman–Crippen LogP) is -1.87. The highest BCUT2D eigenvalue weighted by atomic mass is 16.4. The Labute approximate surface area is 90.6 Å². The zero-order valence-corrected chi connectivity index (χ0v) is 8.52. The van der Waals surface area contributed by atoms with Gasteiger partial charge in [0.2, 0.25) is 11.8 Å². The molecule has 0 aliphatic carbocycles. The van der Waals surface area contributed by atoms with Crippen LogP contribution in [0.1, 0.15) is 6.92 Å². The van der Waals surface area contributed by atoms with Crippen LogP contribution in [0.15, 0.2) is 0 Å². The zero-order chi connectivity index (χ0) is 12.3. The molecule has 1 aliphatic rings. The molecule has 4 amide bonds. The number of carbonyl (C=O) groups is 4. The van der Waals surface area contributed by atoms with Gasteiger partial charge in [0.1, 0.15) is 19.1 Å². The van der Waals surface area contributed by atoms with E-state index in [0.29, 0.717) is 0 Å². The van der Waals surface area contributed by atoms with Gasteiger partial charge in [-0.1, -0.05) is 0 Å². The summed E-state index contributed by atoms with van der Waals surface area (Å²) in [5.41, 5.74) is 0. The van der Waals surface area contributed by atoms with Gasteiger partial charge in [-0.3, -0.25) is 19.7 Å². The normalized spacial score (nSPS) is 17.7. The number of hydrogen-bond donors (Lipinski definition) is 3. The van der Waals surface area contributed by atoms with Gasteiger partial charge < -0.3 is 15.3 Å². The van der Waals surface area contributed by atoms with Crippen LogP contribution in [0.25, 0.3) is 0 Å². The van der Waals surface area contributed by atoms with Crippen LogP contribution in [-0.2, 0) is 14.4 Å². The van der Waals surface area contributed by atoms with Gasteiger partial charge in [0.25, 0.3) is 0 Å². The van der Waals surface area contributed by atoms with Crippen LogP contribution in [0.5, 0.6) is 0 Å². The number of urea groups is 1. The van der Waals surface area contributed by atoms with Crippen LogP contribution < -0.4 is 10.6 Å². The molecule has 8 nitrogen and oxygen atoms in total. The number of amides is 4. The number of piperazine rings is 1. The summed E-state index contributed by atoms with van der Waals surface area (Å²) in [5, 5.41) is 12.7. The molecule has 1 heterocycles. The number of nitrogens with one attached hydrogen (secondary N) is 2. The lowest BCUT2D eigenvalue weighted by molar-refractivity contribution is -0.138. The van der Waals surface area contributed by atoms with E-state index in [9.17, 15) is 19.2 Å². The summed E-state index contributed by atoms with van der Waals surface area (Å²) >= 11 is 0. The zero-order valence-electron chi connectivity index (χ0n) is 8.52. The molecule has 0 saturated carbocycles. The first-order valence-corrected chi connectivity index (χ1v) is 4.51. The number of rotatable bonds is 2. The molecule has 3 N–H and O–H groups in total. The maximum atomic E-state index is 11.4. The Morgan fingerprint density at radius 2 is 1.88 bits per heavy atom. The third-order valence-electron chi connectivity index (χ3n) is 1.95. The fraction of sp³-hybridized carbons (Fsp3) is 0.500. The number of aliphatic carboxylic acids is 1. The predicted molar refractivity (Wildman–Crippen MR) is 50.4 cm³/mol. The van der Waals surface area contributed by atoms with E-state index in [2.05, 4.69) is 5.32 Å². The average Bonchev–Trinajstić information content (AvgIpc) is 2.15. The molecule has 1 aliphatic heterocycles. The van der Waals surface area contributed by atoms with Gasteiger partial charge >= 0.3 is 12.0 Å². The fourth-order valence-electron chi connectivity index (χ4n) is 1.12. The van der Waals surface area contributed by atoms with E-state index in [1.807, 2.05) is 5.32 Å². The minimum Gasteiger partial charge on any atom is -0.480 e. The van der Waals surface area contributed by atoms with Gasteiger partial charge in [-0.25, -0.2) is 4.79 Å². The first-order valence-electron chi connectivity index (χ1n) is 4.51. The summed E-state index contributed by atoms with van der Waals surface area (Å²) in [7, 11) is 0. The third-order valence-corrected chi connectivity index (χ3v) is 1.95. The molecule has 1 rings (SSSR count). The van der Waals surface area contributed by atoms with Crippen molar-refractivity contribution in [2.75, 3.05) is 13.1 Å². The van der Waals surface area contributed by atoms with E-state index in [1.165, 1.54) is 6.92 Å². The third kappa shape index (κ3) is 2.94. The Hall–Kier alpha value is -2.12. The van der Waals surface area contributed by atoms with Gasteiger partial charge in [-0.05, 0) is 6.92 Å². The van der Waals surface area contributed by atoms with E-state index in [0.717, 1.165) is 4.90 Å². The van der Waals surface area contributed by atoms with Crippen LogP contribution in [-0.4, -0.2) is 53.0 Å². The van der Waals surface area contributed by atoms with Crippen LogP contribution >= 0.6 is 0 Å². The summed E-state index contributed by atoms with van der Waals surface area (Å²) in [5.74, 6) is -2.37. The molecule has 16 heavy (non-hydrogen) atoms. The Kier molecular flexibility index (Phi) is 3.44. The van der Waals surface area contributed by atoms with Crippen molar-refractivity contribution in [1.82, 2.24) is 15.5 Å². The van der Waals surface area contributed by atoms with Crippen LogP contribution in [0, 0.1) is 0 Å². The van der Waals surface area contributed by atoms with E-state index < -0.39 is 29.9 Å². The van der Waals surface area contributed by atoms with Gasteiger partial charge in [0, 0.05) is 0 Å². The van der Waals surface area contributed by atoms with Crippen molar-refractivity contribution in [2.24, 2.45) is 0 Å². The smallest absolute Gasteiger partial charge is 0.325 e. The summed E-state index contributed by atoms with van der Waals surface area (Å²) in [6, 6.07) is -1.83. The highest BCUT2D eigenvalue weighted by Gasteiger charge is 2.27. The monoisotopic (exact) mass is 229 g/mol. The van der Waals surface area contributed by atoms with Crippen molar-refractivity contribution in [1.29, 1.82) is 0 Å². The lowest BCUT2D eigenvalue weighted by Gasteiger charge is -2.26. The van der Waals surface area contributed by atoms with Gasteiger partial charge in [-0.2, -0.15) is 0 Å². The molecule has 1 saturated heterocycles. The minimum absolute atomic E-state index is 0.260. The van der Waals surface area contributed by atoms with Crippen molar-refractivity contribution in [2.45, 2.75) is 13.0 Å². The number of hydrogen-bond acceptors (Lipinski definition) is 4. The number of carboxylic acid groups (broad SMARTS) is 1. The molecule has 8 heteroatoms. The summed E-state index contributed by atoms with van der Waals surface area (Å²) in [4.78, 5) is 44.7. The number of carbonyl (C=O) groups excluding carboxylic acids is 3. The highest BCUT2D eigenvalue weighted by Crippen LogP contribution is 1.96. The molecule has 0 spiro atoms. The van der Waals surface area contributed by atoms with Gasteiger partial charge in [-0.15, -0.1) is 0 Å². The maximum absolute atomic E-state index is 11.4. The molecule has 0 aromatic rings. The van der Waals surface area contributed by atoms with Crippen LogP contribution in [0.3, 0.4) is 0 Å². The molecule has 1 atom stereocenters. The van der Waals surface area contributed by atoms with Gasteiger partial charge in [0.15, 0.2) is 0 Å². The molecular formula is C8H11N3O5. The highest BCUT2D eigenvalue weighted by molar-refractivity contribution is 6.02. The first-order chi connectivity index (χ1) is 7.40. The molecule has 88 valence electrons. The molecule has 0 unspecified atom stereocenters. The van der Waals surface area contributed by atoms with Crippen molar-refractivity contribution in [3.63, 3.8) is 0 Å². The van der Waals surface area contributed by atoms with Crippen molar-refractivity contribution >= 4 is 23.8 Å². The topological polar surface area (TPSA) is 116 Å². The molecule has 0 bridgehead atoms. The molecular weight excluding hydrogens is 218 g/mol. The lowest BCUT2D eigenvalue weighted by Crippen LogP contribution is -2.57. The number of carboxylic acids is 1. The molecule has 0 aromatic carbocycles. The Balaban J connectivity index is 2.57. The summed E-state index contributed by atoms with van der Waals surface area (Å²) in [6.07, 6.45) is 0. The van der Waals surface area contributed by atoms with Crippen molar-refractivity contribution < 1.29 is 24.3 Å². The average molecular weight is 229 g/mol. The SMILES string of the molecule is C[C@H](NC(=O)N1CC(=O)NC(=O)C1)C(=O)O. The number of nitrogens with zero attached hydrogens (tertiary/aromatic N) is 1. The number of imide groups is 1. The summed E-state index contributed by atoms with van der Waals surface area (Å²) in [6.45, 7) is 0.764. The fourth-order valence-corrected chi connectivity index (χ4v) is 1.12. The van der Waals surface area contributed by atoms with E-state index in [-0.39, 0.29) is 13.1 Å². The Morgan fingerprint density at radius 1 is 1.38 bits per heavy atom. The standard InChI is InChI=1S/C8H11N3O5/c1-4(7(14)15)9-8(16)11-2-5(12)10-6(13)3-11/h4H,2-3H2,1H3,(H,9,16)(H,14,15)(H,10,12,13)/t4-/m0/s1. The molecule has 0 radical (unpaired) electrons. The maximum Gasteiger partial charge on any atom is 0.325 e. The Morgan fingerprint density at radius 3 is 2.31 bits per heavy atom. The minimum atomic E-state index is -1.19. The lowest BCUT2D eigenvalue weighted by atomic mass is 10.3. The van der Waals surface area contributed by atoms with Crippen molar-refractivity contribution in [3.8, 4) is 0 Å². The summed E-state index contributed by atoms with van der Waals surface area (Å²) < 4.78 is 0. The van der Waals surface area contributed by atoms with Crippen LogP contribution in [0.4, 0.5) is 4.79 Å². The Bertz CT molecular complexity index is 338. The van der Waals surface area contributed by atoms with Crippen LogP contribution in [0.2, 0.25) is 0 Å². The second-order valence-electron chi connectivity index (χ2n) is 3.34. The second-order valence-corrected chi connectivity index (χ2v) is 3.34. The molecule has 0 aromatic heterocycles. The quantitative estimate of drug-likeness (QED) is 0.479. The largest absolute Gasteiger partial charge is 0.480 e. The van der Waals surface area contributed by atoms with Crippen molar-refractivity contribution in [3.05, 3.63) is 0 Å².